The van der Waals surface area contributed by atoms with Gasteiger partial charge in [0, 0.05) is 19.5 Å². The minimum absolute atomic E-state index is 0.225. The molecule has 2 aromatic rings. The molecule has 2 rings (SSSR count). The highest BCUT2D eigenvalue weighted by Gasteiger charge is 2.27. The third-order valence-corrected chi connectivity index (χ3v) is 6.34. The molecule has 0 fully saturated rings. The molecule has 0 aliphatic rings. The van der Waals surface area contributed by atoms with Crippen LogP contribution in [0.5, 0.6) is 0 Å². The van der Waals surface area contributed by atoms with Gasteiger partial charge in [-0.3, -0.25) is 4.79 Å². The van der Waals surface area contributed by atoms with Gasteiger partial charge >= 0.3 is 5.97 Å². The number of ether oxygens (including phenoxy) is 1. The van der Waals surface area contributed by atoms with Gasteiger partial charge in [-0.2, -0.15) is 0 Å². The number of carbonyl (C=O) groups excluding carboxylic acids is 1. The molecule has 0 N–H and O–H groups in total. The fraction of sp³-hybridized carbons (Fsp3) is 0.450. The largest absolute Gasteiger partial charge is 0.466 e. The maximum Gasteiger partial charge on any atom is 0.302 e. The summed E-state index contributed by atoms with van der Waals surface area (Å²) in [7, 11) is -2.20. The van der Waals surface area contributed by atoms with Gasteiger partial charge in [-0.15, -0.1) is 0 Å². The summed E-state index contributed by atoms with van der Waals surface area (Å²) >= 11 is 0. The van der Waals surface area contributed by atoms with Crippen molar-refractivity contribution in [2.24, 2.45) is 0 Å². The number of aryl methyl sites for hydroxylation is 2. The van der Waals surface area contributed by atoms with Gasteiger partial charge in [-0.1, -0.05) is 17.7 Å². The Balaban J connectivity index is 2.22. The molecule has 0 radical (unpaired) electrons. The number of furan rings is 1. The first-order valence-corrected chi connectivity index (χ1v) is 10.4. The fourth-order valence-electron chi connectivity index (χ4n) is 2.80. The van der Waals surface area contributed by atoms with E-state index in [1.54, 1.807) is 24.3 Å². The van der Waals surface area contributed by atoms with E-state index in [4.69, 9.17) is 9.15 Å². The van der Waals surface area contributed by atoms with E-state index in [1.165, 1.54) is 18.3 Å². The average Bonchev–Trinajstić information content (AvgIpc) is 2.89. The Kier molecular flexibility index (Phi) is 6.70. The highest BCUT2D eigenvalue weighted by molar-refractivity contribution is 7.92. The highest BCUT2D eigenvalue weighted by atomic mass is 32.2. The first-order valence-electron chi connectivity index (χ1n) is 8.92. The van der Waals surface area contributed by atoms with Crippen LogP contribution in [0.1, 0.15) is 42.2 Å². The van der Waals surface area contributed by atoms with E-state index >= 15 is 0 Å². The van der Waals surface area contributed by atoms with Crippen molar-refractivity contribution in [3.63, 3.8) is 0 Å². The molecule has 0 spiro atoms. The van der Waals surface area contributed by atoms with E-state index in [0.717, 1.165) is 23.1 Å². The van der Waals surface area contributed by atoms with E-state index < -0.39 is 10.0 Å². The van der Waals surface area contributed by atoms with Crippen LogP contribution in [0.3, 0.4) is 0 Å². The second kappa shape index (κ2) is 8.61. The second-order valence-corrected chi connectivity index (χ2v) is 8.62. The molecular weight excluding hydrogens is 366 g/mol. The van der Waals surface area contributed by atoms with Crippen LogP contribution in [0.15, 0.2) is 33.6 Å². The molecule has 0 aliphatic carbocycles. The smallest absolute Gasteiger partial charge is 0.302 e. The lowest BCUT2D eigenvalue weighted by Crippen LogP contribution is -2.27. The third kappa shape index (κ3) is 4.91. The predicted octanol–water partition coefficient (Wildman–Crippen LogP) is 3.92. The zero-order chi connectivity index (χ0) is 20.2. The summed E-state index contributed by atoms with van der Waals surface area (Å²) in [6.45, 7) is 7.40. The Bertz CT molecular complexity index is 897. The van der Waals surface area contributed by atoms with Crippen molar-refractivity contribution in [1.29, 1.82) is 0 Å². The van der Waals surface area contributed by atoms with Crippen LogP contribution in [0, 0.1) is 20.8 Å². The van der Waals surface area contributed by atoms with Gasteiger partial charge in [0.2, 0.25) is 5.88 Å². The molecule has 1 aromatic heterocycles. The summed E-state index contributed by atoms with van der Waals surface area (Å²) in [5.41, 5.74) is 2.81. The van der Waals surface area contributed by atoms with Gasteiger partial charge in [0.05, 0.1) is 11.5 Å². The number of anilines is 1. The maximum atomic E-state index is 13.0. The maximum absolute atomic E-state index is 13.0. The second-order valence-electron chi connectivity index (χ2n) is 6.65. The van der Waals surface area contributed by atoms with Crippen molar-refractivity contribution >= 4 is 21.9 Å². The van der Waals surface area contributed by atoms with Crippen molar-refractivity contribution in [3.8, 4) is 0 Å². The normalized spacial score (nSPS) is 11.4. The molecule has 0 bridgehead atoms. The molecule has 0 saturated carbocycles. The lowest BCUT2D eigenvalue weighted by atomic mass is 10.1. The monoisotopic (exact) mass is 393 g/mol. The third-order valence-electron chi connectivity index (χ3n) is 4.58. The van der Waals surface area contributed by atoms with Crippen LogP contribution in [-0.2, 0) is 26.0 Å². The van der Waals surface area contributed by atoms with Crippen LogP contribution >= 0.6 is 0 Å². The molecule has 148 valence electrons. The standard InChI is InChI=1S/C20H27NO5S/c1-14-9-11-18(12-10-14)27(23,24)21(5)20-19(15(2)16(3)26-20)8-6-7-13-25-17(4)22/h9-12H,6-8,13H2,1-5H3. The molecule has 0 unspecified atom stereocenters. The summed E-state index contributed by atoms with van der Waals surface area (Å²) in [6, 6.07) is 6.75. The zero-order valence-electron chi connectivity index (χ0n) is 16.5. The first-order chi connectivity index (χ1) is 12.6. The van der Waals surface area contributed by atoms with Crippen molar-refractivity contribution in [2.45, 2.75) is 51.9 Å². The summed E-state index contributed by atoms with van der Waals surface area (Å²) in [5.74, 6) is 0.749. The number of carbonyl (C=O) groups is 1. The molecule has 7 heteroatoms. The highest BCUT2D eigenvalue weighted by Crippen LogP contribution is 2.33. The van der Waals surface area contributed by atoms with Gasteiger partial charge in [-0.25, -0.2) is 12.7 Å². The van der Waals surface area contributed by atoms with E-state index in [0.29, 0.717) is 31.1 Å². The van der Waals surface area contributed by atoms with E-state index in [9.17, 15) is 13.2 Å². The SMILES string of the molecule is CC(=O)OCCCCc1c(N(C)S(=O)(=O)c2ccc(C)cc2)oc(C)c1C. The first kappa shape index (κ1) is 21.0. The number of esters is 1. The van der Waals surface area contributed by atoms with Crippen LogP contribution in [0.25, 0.3) is 0 Å². The van der Waals surface area contributed by atoms with Crippen LogP contribution in [0.4, 0.5) is 5.88 Å². The van der Waals surface area contributed by atoms with E-state index in [2.05, 4.69) is 0 Å². The van der Waals surface area contributed by atoms with Crippen molar-refractivity contribution < 1.29 is 22.4 Å². The molecule has 0 amide bonds. The number of sulfonamides is 1. The van der Waals surface area contributed by atoms with Crippen molar-refractivity contribution in [3.05, 3.63) is 46.7 Å². The van der Waals surface area contributed by atoms with Crippen molar-refractivity contribution in [2.75, 3.05) is 18.0 Å². The predicted molar refractivity (Wildman–Crippen MR) is 105 cm³/mol. The van der Waals surface area contributed by atoms with E-state index in [-0.39, 0.29) is 10.9 Å². The summed E-state index contributed by atoms with van der Waals surface area (Å²) in [4.78, 5) is 11.1. The van der Waals surface area contributed by atoms with Gasteiger partial charge in [-0.05, 0) is 57.7 Å². The van der Waals surface area contributed by atoms with Gasteiger partial charge in [0.25, 0.3) is 10.0 Å². The molecule has 0 aliphatic heterocycles. The number of unbranched alkanes of at least 4 members (excludes halogenated alkanes) is 1. The lowest BCUT2D eigenvalue weighted by molar-refractivity contribution is -0.141. The number of benzene rings is 1. The Morgan fingerprint density at radius 1 is 1.11 bits per heavy atom. The Morgan fingerprint density at radius 3 is 2.33 bits per heavy atom. The van der Waals surface area contributed by atoms with E-state index in [1.807, 2.05) is 20.8 Å². The zero-order valence-corrected chi connectivity index (χ0v) is 17.4. The van der Waals surface area contributed by atoms with Gasteiger partial charge < -0.3 is 9.15 Å². The van der Waals surface area contributed by atoms with Gasteiger partial charge in [0.1, 0.15) is 5.76 Å². The summed E-state index contributed by atoms with van der Waals surface area (Å²) in [5, 5.41) is 0. The summed E-state index contributed by atoms with van der Waals surface area (Å²) in [6.07, 6.45) is 2.11. The topological polar surface area (TPSA) is 76.8 Å². The quantitative estimate of drug-likeness (QED) is 0.502. The molecule has 6 nitrogen and oxygen atoms in total. The number of rotatable bonds is 8. The van der Waals surface area contributed by atoms with Crippen LogP contribution < -0.4 is 4.31 Å². The minimum Gasteiger partial charge on any atom is -0.466 e. The Hall–Kier alpha value is -2.28. The Labute approximate surface area is 161 Å². The lowest BCUT2D eigenvalue weighted by Gasteiger charge is -2.18. The number of hydrogen-bond donors (Lipinski definition) is 0. The Morgan fingerprint density at radius 2 is 1.74 bits per heavy atom. The molecule has 1 aromatic carbocycles. The molecule has 27 heavy (non-hydrogen) atoms. The van der Waals surface area contributed by atoms with Crippen molar-refractivity contribution in [1.82, 2.24) is 0 Å². The fourth-order valence-corrected chi connectivity index (χ4v) is 3.96. The van der Waals surface area contributed by atoms with Crippen LogP contribution in [0.2, 0.25) is 0 Å². The molecular formula is C20H27NO5S. The molecule has 0 saturated heterocycles. The summed E-state index contributed by atoms with van der Waals surface area (Å²) < 4.78 is 37.9. The number of nitrogens with zero attached hydrogens (tertiary/aromatic N) is 1. The van der Waals surface area contributed by atoms with Gasteiger partial charge in [0.15, 0.2) is 0 Å². The average molecular weight is 394 g/mol. The molecule has 1 heterocycles. The number of hydrogen-bond acceptors (Lipinski definition) is 5. The minimum atomic E-state index is -3.71. The van der Waals surface area contributed by atoms with Crippen LogP contribution in [-0.4, -0.2) is 28.0 Å². The molecule has 0 atom stereocenters.